The van der Waals surface area contributed by atoms with E-state index in [0.29, 0.717) is 19.0 Å². The summed E-state index contributed by atoms with van der Waals surface area (Å²) in [5.74, 6) is 2.31. The van der Waals surface area contributed by atoms with Crippen molar-refractivity contribution in [2.45, 2.75) is 45.5 Å². The van der Waals surface area contributed by atoms with Gasteiger partial charge in [0.25, 0.3) is 0 Å². The Bertz CT molecular complexity index is 671. The zero-order valence-corrected chi connectivity index (χ0v) is 14.6. The van der Waals surface area contributed by atoms with Crippen LogP contribution in [0.3, 0.4) is 0 Å². The molecule has 2 aromatic rings. The zero-order chi connectivity index (χ0) is 17.1. The van der Waals surface area contributed by atoms with Crippen molar-refractivity contribution in [3.63, 3.8) is 0 Å². The Hall–Kier alpha value is -1.92. The van der Waals surface area contributed by atoms with E-state index in [1.54, 1.807) is 13.4 Å². The average molecular weight is 330 g/mol. The fraction of sp³-hybridized carbons (Fsp3) is 0.556. The molecule has 2 atom stereocenters. The first-order valence-corrected chi connectivity index (χ1v) is 8.49. The van der Waals surface area contributed by atoms with Gasteiger partial charge in [-0.2, -0.15) is 5.10 Å². The van der Waals surface area contributed by atoms with Gasteiger partial charge in [-0.1, -0.05) is 26.0 Å². The third kappa shape index (κ3) is 3.76. The normalized spacial score (nSPS) is 21.5. The lowest BCUT2D eigenvalue weighted by molar-refractivity contribution is 0.170. The second-order valence-electron chi connectivity index (χ2n) is 6.86. The van der Waals surface area contributed by atoms with Gasteiger partial charge < -0.3 is 9.84 Å². The van der Waals surface area contributed by atoms with E-state index in [9.17, 15) is 5.11 Å². The Morgan fingerprint density at radius 2 is 2.21 bits per heavy atom. The van der Waals surface area contributed by atoms with E-state index in [1.807, 2.05) is 16.8 Å². The first-order chi connectivity index (χ1) is 11.6. The number of aromatic nitrogens is 3. The lowest BCUT2D eigenvalue weighted by Gasteiger charge is -2.24. The van der Waals surface area contributed by atoms with E-state index in [4.69, 9.17) is 4.74 Å². The summed E-state index contributed by atoms with van der Waals surface area (Å²) < 4.78 is 7.31. The maximum Gasteiger partial charge on any atom is 0.141 e. The highest BCUT2D eigenvalue weighted by atomic mass is 16.5. The Morgan fingerprint density at radius 3 is 2.96 bits per heavy atom. The molecule has 0 unspecified atom stereocenters. The van der Waals surface area contributed by atoms with Gasteiger partial charge in [0.05, 0.1) is 19.8 Å². The minimum Gasteiger partial charge on any atom is -0.497 e. The van der Waals surface area contributed by atoms with Crippen molar-refractivity contribution in [2.24, 2.45) is 5.92 Å². The van der Waals surface area contributed by atoms with Crippen molar-refractivity contribution in [2.75, 3.05) is 13.7 Å². The van der Waals surface area contributed by atoms with Crippen molar-refractivity contribution in [1.29, 1.82) is 0 Å². The number of likely N-dealkylation sites (tertiary alicyclic amines) is 1. The third-order valence-corrected chi connectivity index (χ3v) is 4.44. The largest absolute Gasteiger partial charge is 0.497 e. The number of ether oxygens (including phenoxy) is 1. The molecule has 2 heterocycles. The van der Waals surface area contributed by atoms with Crippen molar-refractivity contribution in [1.82, 2.24) is 19.7 Å². The highest BCUT2D eigenvalue weighted by molar-refractivity contribution is 5.31. The summed E-state index contributed by atoms with van der Waals surface area (Å²) in [6.07, 6.45) is 2.03. The van der Waals surface area contributed by atoms with E-state index in [2.05, 4.69) is 41.0 Å². The quantitative estimate of drug-likeness (QED) is 0.880. The fourth-order valence-electron chi connectivity index (χ4n) is 3.34. The van der Waals surface area contributed by atoms with Crippen LogP contribution in [0.1, 0.15) is 37.7 Å². The van der Waals surface area contributed by atoms with Crippen molar-refractivity contribution < 1.29 is 9.84 Å². The van der Waals surface area contributed by atoms with Gasteiger partial charge in [-0.15, -0.1) is 0 Å². The molecule has 3 rings (SSSR count). The molecule has 1 fully saturated rings. The maximum atomic E-state index is 10.2. The molecule has 24 heavy (non-hydrogen) atoms. The summed E-state index contributed by atoms with van der Waals surface area (Å²) in [7, 11) is 1.68. The Morgan fingerprint density at radius 1 is 1.38 bits per heavy atom. The van der Waals surface area contributed by atoms with Gasteiger partial charge in [0.2, 0.25) is 0 Å². The smallest absolute Gasteiger partial charge is 0.141 e. The van der Waals surface area contributed by atoms with Crippen LogP contribution < -0.4 is 4.74 Å². The lowest BCUT2D eigenvalue weighted by atomic mass is 10.0. The standard InChI is InChI=1S/C18H26N4O2/c1-13(2)9-22-18(19-12-20-22)11-21-10-15(23)8-17(21)14-5-4-6-16(7-14)24-3/h4-7,12-13,15,17,23H,8-11H2,1-3H3/t15-,17+/m0/s1. The Labute approximate surface area is 143 Å². The second kappa shape index (κ2) is 7.32. The molecule has 1 N–H and O–H groups in total. The van der Waals surface area contributed by atoms with E-state index >= 15 is 0 Å². The average Bonchev–Trinajstić information content (AvgIpc) is 3.14. The van der Waals surface area contributed by atoms with E-state index in [0.717, 1.165) is 24.5 Å². The Kier molecular flexibility index (Phi) is 5.16. The van der Waals surface area contributed by atoms with Gasteiger partial charge in [-0.3, -0.25) is 4.90 Å². The fourth-order valence-corrected chi connectivity index (χ4v) is 3.34. The molecule has 0 spiro atoms. The van der Waals surface area contributed by atoms with E-state index < -0.39 is 0 Å². The van der Waals surface area contributed by atoms with Crippen LogP contribution in [0.25, 0.3) is 0 Å². The molecule has 0 amide bonds. The summed E-state index contributed by atoms with van der Waals surface area (Å²) in [5, 5.41) is 14.5. The predicted molar refractivity (Wildman–Crippen MR) is 91.6 cm³/mol. The molecule has 1 aromatic heterocycles. The van der Waals surface area contributed by atoms with Crippen LogP contribution in [-0.4, -0.2) is 44.5 Å². The summed E-state index contributed by atoms with van der Waals surface area (Å²) in [6, 6.07) is 8.25. The van der Waals surface area contributed by atoms with Gasteiger partial charge in [0.1, 0.15) is 17.9 Å². The number of methoxy groups -OCH3 is 1. The number of aliphatic hydroxyl groups is 1. The molecule has 0 saturated carbocycles. The number of hydrogen-bond donors (Lipinski definition) is 1. The number of β-amino-alcohol motifs (C(OH)–C–C–N with tert-alkyl or cyclic N) is 1. The minimum absolute atomic E-state index is 0.166. The summed E-state index contributed by atoms with van der Waals surface area (Å²) in [5.41, 5.74) is 1.17. The van der Waals surface area contributed by atoms with Crippen LogP contribution in [0.5, 0.6) is 5.75 Å². The molecule has 0 aliphatic carbocycles. The second-order valence-corrected chi connectivity index (χ2v) is 6.86. The van der Waals surface area contributed by atoms with Crippen molar-refractivity contribution >= 4 is 0 Å². The number of nitrogens with zero attached hydrogens (tertiary/aromatic N) is 4. The summed E-state index contributed by atoms with van der Waals surface area (Å²) in [4.78, 5) is 6.70. The van der Waals surface area contributed by atoms with Gasteiger partial charge in [-0.25, -0.2) is 9.67 Å². The molecule has 0 bridgehead atoms. The Balaban J connectivity index is 1.79. The SMILES string of the molecule is COc1cccc([C@H]2C[C@H](O)CN2Cc2ncnn2CC(C)C)c1. The third-order valence-electron chi connectivity index (χ3n) is 4.44. The number of rotatable bonds is 6. The number of hydrogen-bond acceptors (Lipinski definition) is 5. The molecule has 1 aliphatic heterocycles. The van der Waals surface area contributed by atoms with E-state index in [-0.39, 0.29) is 12.1 Å². The van der Waals surface area contributed by atoms with Gasteiger partial charge in [-0.05, 0) is 30.0 Å². The molecule has 6 heteroatoms. The van der Waals surface area contributed by atoms with Gasteiger partial charge in [0.15, 0.2) is 0 Å². The van der Waals surface area contributed by atoms with Crippen LogP contribution >= 0.6 is 0 Å². The molecular weight excluding hydrogens is 304 g/mol. The summed E-state index contributed by atoms with van der Waals surface area (Å²) >= 11 is 0. The van der Waals surface area contributed by atoms with Crippen LogP contribution in [0.4, 0.5) is 0 Å². The summed E-state index contributed by atoms with van der Waals surface area (Å²) in [6.45, 7) is 6.53. The van der Waals surface area contributed by atoms with Gasteiger partial charge >= 0.3 is 0 Å². The molecule has 6 nitrogen and oxygen atoms in total. The number of aliphatic hydroxyl groups excluding tert-OH is 1. The first kappa shape index (κ1) is 16.9. The predicted octanol–water partition coefficient (Wildman–Crippen LogP) is 2.25. The van der Waals surface area contributed by atoms with Crippen molar-refractivity contribution in [3.8, 4) is 5.75 Å². The first-order valence-electron chi connectivity index (χ1n) is 8.49. The van der Waals surface area contributed by atoms with Crippen LogP contribution in [-0.2, 0) is 13.1 Å². The molecule has 1 aliphatic rings. The molecule has 130 valence electrons. The highest BCUT2D eigenvalue weighted by Gasteiger charge is 2.33. The number of benzene rings is 1. The highest BCUT2D eigenvalue weighted by Crippen LogP contribution is 2.34. The van der Waals surface area contributed by atoms with Crippen LogP contribution in [0, 0.1) is 5.92 Å². The lowest BCUT2D eigenvalue weighted by Crippen LogP contribution is -2.26. The zero-order valence-electron chi connectivity index (χ0n) is 14.6. The van der Waals surface area contributed by atoms with Gasteiger partial charge in [0, 0.05) is 19.1 Å². The monoisotopic (exact) mass is 330 g/mol. The molecule has 1 saturated heterocycles. The molecule has 0 radical (unpaired) electrons. The molecular formula is C18H26N4O2. The van der Waals surface area contributed by atoms with Crippen LogP contribution in [0.15, 0.2) is 30.6 Å². The minimum atomic E-state index is -0.317. The van der Waals surface area contributed by atoms with E-state index in [1.165, 1.54) is 5.56 Å². The maximum absolute atomic E-state index is 10.2. The van der Waals surface area contributed by atoms with Crippen molar-refractivity contribution in [3.05, 3.63) is 42.0 Å². The topological polar surface area (TPSA) is 63.4 Å². The molecule has 1 aromatic carbocycles. The van der Waals surface area contributed by atoms with Crippen LogP contribution in [0.2, 0.25) is 0 Å².